The number of fused-ring (bicyclic) bond motifs is 2. The Morgan fingerprint density at radius 3 is 2.52 bits per heavy atom. The second kappa shape index (κ2) is 8.00. The van der Waals surface area contributed by atoms with Crippen LogP contribution in [0.3, 0.4) is 0 Å². The lowest BCUT2D eigenvalue weighted by Crippen LogP contribution is -2.31. The Morgan fingerprint density at radius 2 is 1.67 bits per heavy atom. The lowest BCUT2D eigenvalue weighted by molar-refractivity contribution is -0.128. The SMILES string of the molecule is CCN(Cc1ccc2c(c1)OCO2)C(=O)CSc1ccc2c(c1)OCCO2. The number of ether oxygens (including phenoxy) is 4. The summed E-state index contributed by atoms with van der Waals surface area (Å²) in [5, 5.41) is 0. The highest BCUT2D eigenvalue weighted by molar-refractivity contribution is 8.00. The van der Waals surface area contributed by atoms with Crippen molar-refractivity contribution in [2.75, 3.05) is 32.3 Å². The molecule has 0 aromatic heterocycles. The fourth-order valence-electron chi connectivity index (χ4n) is 2.99. The van der Waals surface area contributed by atoms with Crippen molar-refractivity contribution in [3.05, 3.63) is 42.0 Å². The van der Waals surface area contributed by atoms with Crippen LogP contribution in [0, 0.1) is 0 Å². The minimum absolute atomic E-state index is 0.0926. The molecule has 0 bridgehead atoms. The number of rotatable bonds is 6. The first-order chi connectivity index (χ1) is 13.2. The first-order valence-electron chi connectivity index (χ1n) is 8.91. The molecule has 6 nitrogen and oxygen atoms in total. The lowest BCUT2D eigenvalue weighted by Gasteiger charge is -2.21. The van der Waals surface area contributed by atoms with Gasteiger partial charge < -0.3 is 23.8 Å². The Balaban J connectivity index is 1.36. The smallest absolute Gasteiger partial charge is 0.233 e. The summed E-state index contributed by atoms with van der Waals surface area (Å²) in [7, 11) is 0. The van der Waals surface area contributed by atoms with Gasteiger partial charge in [0.05, 0.1) is 5.75 Å². The van der Waals surface area contributed by atoms with Gasteiger partial charge in [-0.05, 0) is 42.8 Å². The molecule has 1 amide bonds. The van der Waals surface area contributed by atoms with E-state index in [1.807, 2.05) is 48.2 Å². The van der Waals surface area contributed by atoms with Crippen LogP contribution in [-0.2, 0) is 11.3 Å². The highest BCUT2D eigenvalue weighted by atomic mass is 32.2. The average Bonchev–Trinajstić information content (AvgIpc) is 3.18. The topological polar surface area (TPSA) is 57.2 Å². The van der Waals surface area contributed by atoms with Crippen molar-refractivity contribution in [2.24, 2.45) is 0 Å². The monoisotopic (exact) mass is 387 g/mol. The van der Waals surface area contributed by atoms with Crippen LogP contribution in [0.5, 0.6) is 23.0 Å². The minimum atomic E-state index is 0.0926. The molecule has 27 heavy (non-hydrogen) atoms. The van der Waals surface area contributed by atoms with E-state index in [9.17, 15) is 4.79 Å². The van der Waals surface area contributed by atoms with Gasteiger partial charge in [-0.1, -0.05) is 6.07 Å². The number of thioether (sulfide) groups is 1. The van der Waals surface area contributed by atoms with Gasteiger partial charge in [0.1, 0.15) is 13.2 Å². The van der Waals surface area contributed by atoms with E-state index in [1.54, 1.807) is 0 Å². The molecule has 142 valence electrons. The van der Waals surface area contributed by atoms with Gasteiger partial charge in [0.15, 0.2) is 23.0 Å². The molecule has 2 aliphatic rings. The average molecular weight is 387 g/mol. The Hall–Kier alpha value is -2.54. The van der Waals surface area contributed by atoms with Crippen molar-refractivity contribution >= 4 is 17.7 Å². The third kappa shape index (κ3) is 4.08. The van der Waals surface area contributed by atoms with Gasteiger partial charge in [-0.2, -0.15) is 0 Å². The Labute approximate surface area is 162 Å². The molecule has 2 aliphatic heterocycles. The van der Waals surface area contributed by atoms with E-state index in [-0.39, 0.29) is 12.7 Å². The predicted octanol–water partition coefficient (Wildman–Crippen LogP) is 3.33. The minimum Gasteiger partial charge on any atom is -0.486 e. The third-order valence-electron chi connectivity index (χ3n) is 4.42. The molecule has 7 heteroatoms. The predicted molar refractivity (Wildman–Crippen MR) is 102 cm³/mol. The van der Waals surface area contributed by atoms with Gasteiger partial charge >= 0.3 is 0 Å². The zero-order chi connectivity index (χ0) is 18.6. The van der Waals surface area contributed by atoms with Crippen molar-refractivity contribution in [1.29, 1.82) is 0 Å². The molecular weight excluding hydrogens is 366 g/mol. The number of hydrogen-bond donors (Lipinski definition) is 0. The van der Waals surface area contributed by atoms with E-state index < -0.39 is 0 Å². The summed E-state index contributed by atoms with van der Waals surface area (Å²) >= 11 is 1.50. The van der Waals surface area contributed by atoms with Crippen LogP contribution in [0.15, 0.2) is 41.3 Å². The standard InChI is InChI=1S/C20H21NO5S/c1-2-21(11-14-3-5-17-18(9-14)26-13-25-17)20(22)12-27-15-4-6-16-19(10-15)24-8-7-23-16/h3-6,9-10H,2,7-8,11-13H2,1H3. The molecule has 2 aromatic carbocycles. The van der Waals surface area contributed by atoms with Crippen molar-refractivity contribution < 1.29 is 23.7 Å². The zero-order valence-corrected chi connectivity index (χ0v) is 15.9. The molecule has 0 saturated carbocycles. The van der Waals surface area contributed by atoms with Crippen LogP contribution >= 0.6 is 11.8 Å². The Bertz CT molecular complexity index is 841. The molecule has 0 fully saturated rings. The highest BCUT2D eigenvalue weighted by Gasteiger charge is 2.18. The summed E-state index contributed by atoms with van der Waals surface area (Å²) in [5.41, 5.74) is 1.03. The fraction of sp³-hybridized carbons (Fsp3) is 0.350. The maximum atomic E-state index is 12.7. The second-order valence-electron chi connectivity index (χ2n) is 6.19. The van der Waals surface area contributed by atoms with Crippen LogP contribution in [0.25, 0.3) is 0 Å². The molecule has 0 radical (unpaired) electrons. The van der Waals surface area contributed by atoms with Crippen LogP contribution < -0.4 is 18.9 Å². The van der Waals surface area contributed by atoms with Gasteiger partial charge in [0.25, 0.3) is 0 Å². The number of amides is 1. The number of benzene rings is 2. The van der Waals surface area contributed by atoms with Crippen molar-refractivity contribution in [1.82, 2.24) is 4.90 Å². The highest BCUT2D eigenvalue weighted by Crippen LogP contribution is 2.35. The molecule has 0 N–H and O–H groups in total. The number of hydrogen-bond acceptors (Lipinski definition) is 6. The summed E-state index contributed by atoms with van der Waals surface area (Å²) in [6.07, 6.45) is 0. The van der Waals surface area contributed by atoms with E-state index in [0.717, 1.165) is 33.5 Å². The molecule has 4 rings (SSSR count). The maximum Gasteiger partial charge on any atom is 0.233 e. The van der Waals surface area contributed by atoms with E-state index in [1.165, 1.54) is 11.8 Å². The Kier molecular flexibility index (Phi) is 5.29. The van der Waals surface area contributed by atoms with E-state index in [4.69, 9.17) is 18.9 Å². The number of nitrogens with zero attached hydrogens (tertiary/aromatic N) is 1. The van der Waals surface area contributed by atoms with Crippen molar-refractivity contribution in [2.45, 2.75) is 18.4 Å². The normalized spacial score (nSPS) is 14.1. The molecule has 0 spiro atoms. The van der Waals surface area contributed by atoms with Gasteiger partial charge in [-0.3, -0.25) is 4.79 Å². The molecule has 0 atom stereocenters. The first-order valence-corrected chi connectivity index (χ1v) is 9.90. The molecule has 2 heterocycles. The second-order valence-corrected chi connectivity index (χ2v) is 7.24. The molecule has 2 aromatic rings. The summed E-state index contributed by atoms with van der Waals surface area (Å²) < 4.78 is 21.9. The summed E-state index contributed by atoms with van der Waals surface area (Å²) in [4.78, 5) is 15.5. The molecule has 0 unspecified atom stereocenters. The quantitative estimate of drug-likeness (QED) is 0.709. The number of carbonyl (C=O) groups is 1. The van der Waals surface area contributed by atoms with Crippen LogP contribution in [0.1, 0.15) is 12.5 Å². The van der Waals surface area contributed by atoms with Crippen LogP contribution in [0.4, 0.5) is 0 Å². The molecule has 0 saturated heterocycles. The van der Waals surface area contributed by atoms with E-state index in [0.29, 0.717) is 32.1 Å². The van der Waals surface area contributed by atoms with Gasteiger partial charge in [-0.15, -0.1) is 11.8 Å². The summed E-state index contributed by atoms with van der Waals surface area (Å²) in [6.45, 7) is 4.56. The molecular formula is C20H21NO5S. The van der Waals surface area contributed by atoms with E-state index >= 15 is 0 Å². The summed E-state index contributed by atoms with van der Waals surface area (Å²) in [6, 6.07) is 11.6. The third-order valence-corrected chi connectivity index (χ3v) is 5.40. The van der Waals surface area contributed by atoms with Crippen molar-refractivity contribution in [3.63, 3.8) is 0 Å². The molecule has 0 aliphatic carbocycles. The van der Waals surface area contributed by atoms with Crippen LogP contribution in [-0.4, -0.2) is 43.1 Å². The van der Waals surface area contributed by atoms with E-state index in [2.05, 4.69) is 0 Å². The van der Waals surface area contributed by atoms with Crippen molar-refractivity contribution in [3.8, 4) is 23.0 Å². The number of carbonyl (C=O) groups excluding carboxylic acids is 1. The first kappa shape index (κ1) is 17.9. The van der Waals surface area contributed by atoms with Gasteiger partial charge in [0.2, 0.25) is 12.7 Å². The zero-order valence-electron chi connectivity index (χ0n) is 15.1. The summed E-state index contributed by atoms with van der Waals surface area (Å²) in [5.74, 6) is 3.46. The van der Waals surface area contributed by atoms with Gasteiger partial charge in [0, 0.05) is 18.0 Å². The van der Waals surface area contributed by atoms with Gasteiger partial charge in [-0.25, -0.2) is 0 Å². The lowest BCUT2D eigenvalue weighted by atomic mass is 10.2. The largest absolute Gasteiger partial charge is 0.486 e. The maximum absolute atomic E-state index is 12.7. The Morgan fingerprint density at radius 1 is 0.963 bits per heavy atom. The fourth-order valence-corrected chi connectivity index (χ4v) is 3.81. The van der Waals surface area contributed by atoms with Crippen LogP contribution in [0.2, 0.25) is 0 Å².